The van der Waals surface area contributed by atoms with Gasteiger partial charge in [0.2, 0.25) is 6.79 Å². The second-order valence-corrected chi connectivity index (χ2v) is 4.76. The zero-order chi connectivity index (χ0) is 13.9. The maximum atomic E-state index is 11.6. The molecular weight excluding hydrogens is 328 g/mol. The van der Waals surface area contributed by atoms with Gasteiger partial charge in [-0.3, -0.25) is 4.79 Å². The van der Waals surface area contributed by atoms with Crippen LogP contribution < -0.4 is 14.9 Å². The Hall–Kier alpha value is -2.28. The molecule has 0 saturated carbocycles. The highest BCUT2D eigenvalue weighted by atomic mass is 79.9. The molecule has 0 saturated heterocycles. The Morgan fingerprint density at radius 3 is 2.90 bits per heavy atom. The molecule has 0 spiro atoms. The summed E-state index contributed by atoms with van der Waals surface area (Å²) in [6.07, 6.45) is 2.93. The van der Waals surface area contributed by atoms with E-state index in [4.69, 9.17) is 13.9 Å². The standard InChI is InChI=1S/C13H9BrN2O4/c14-9-5-12-11(19-7-20-12)4-8(9)6-15-16-13(17)10-2-1-3-18-10/h1-6H,7H2,(H,16,17)/b15-6+. The second kappa shape index (κ2) is 5.38. The third-order valence-electron chi connectivity index (χ3n) is 2.61. The predicted molar refractivity (Wildman–Crippen MR) is 74.0 cm³/mol. The summed E-state index contributed by atoms with van der Waals surface area (Å²) < 4.78 is 16.3. The zero-order valence-corrected chi connectivity index (χ0v) is 11.7. The van der Waals surface area contributed by atoms with Crippen LogP contribution in [-0.2, 0) is 0 Å². The number of furan rings is 1. The van der Waals surface area contributed by atoms with Crippen molar-refractivity contribution in [2.24, 2.45) is 5.10 Å². The number of hydrazone groups is 1. The van der Waals surface area contributed by atoms with E-state index in [0.29, 0.717) is 11.5 Å². The van der Waals surface area contributed by atoms with Crippen molar-refractivity contribution in [1.29, 1.82) is 0 Å². The first-order valence-electron chi connectivity index (χ1n) is 5.70. The van der Waals surface area contributed by atoms with Crippen LogP contribution in [0.5, 0.6) is 11.5 Å². The van der Waals surface area contributed by atoms with E-state index in [0.717, 1.165) is 10.0 Å². The van der Waals surface area contributed by atoms with E-state index in [2.05, 4.69) is 26.5 Å². The molecule has 1 aliphatic heterocycles. The lowest BCUT2D eigenvalue weighted by Gasteiger charge is -2.01. The van der Waals surface area contributed by atoms with Gasteiger partial charge in [0.1, 0.15) is 0 Å². The molecule has 102 valence electrons. The number of benzene rings is 1. The van der Waals surface area contributed by atoms with Crippen LogP contribution in [0.1, 0.15) is 16.1 Å². The van der Waals surface area contributed by atoms with Gasteiger partial charge >= 0.3 is 5.91 Å². The lowest BCUT2D eigenvalue weighted by Crippen LogP contribution is -2.16. The summed E-state index contributed by atoms with van der Waals surface area (Å²) >= 11 is 3.40. The summed E-state index contributed by atoms with van der Waals surface area (Å²) in [7, 11) is 0. The van der Waals surface area contributed by atoms with Crippen molar-refractivity contribution in [1.82, 2.24) is 5.43 Å². The van der Waals surface area contributed by atoms with Gasteiger partial charge in [-0.15, -0.1) is 0 Å². The number of hydrogen-bond donors (Lipinski definition) is 1. The molecule has 0 radical (unpaired) electrons. The number of carbonyl (C=O) groups excluding carboxylic acids is 1. The van der Waals surface area contributed by atoms with Crippen molar-refractivity contribution in [3.8, 4) is 11.5 Å². The van der Waals surface area contributed by atoms with Crippen molar-refractivity contribution >= 4 is 28.1 Å². The number of amides is 1. The van der Waals surface area contributed by atoms with Crippen molar-refractivity contribution in [2.75, 3.05) is 6.79 Å². The maximum Gasteiger partial charge on any atom is 0.307 e. The average Bonchev–Trinajstić information content (AvgIpc) is 3.08. The first kappa shape index (κ1) is 12.7. The smallest absolute Gasteiger partial charge is 0.307 e. The van der Waals surface area contributed by atoms with Crippen LogP contribution >= 0.6 is 15.9 Å². The van der Waals surface area contributed by atoms with Crippen molar-refractivity contribution < 1.29 is 18.7 Å². The fourth-order valence-corrected chi connectivity index (χ4v) is 2.08. The first-order chi connectivity index (χ1) is 9.74. The van der Waals surface area contributed by atoms with E-state index in [1.165, 1.54) is 12.5 Å². The highest BCUT2D eigenvalue weighted by Crippen LogP contribution is 2.36. The number of nitrogens with zero attached hydrogens (tertiary/aromatic N) is 1. The summed E-state index contributed by atoms with van der Waals surface area (Å²) in [5, 5.41) is 3.87. The molecule has 0 fully saturated rings. The van der Waals surface area contributed by atoms with E-state index in [9.17, 15) is 4.79 Å². The van der Waals surface area contributed by atoms with E-state index < -0.39 is 5.91 Å². The molecule has 3 rings (SSSR count). The van der Waals surface area contributed by atoms with Crippen LogP contribution in [0.25, 0.3) is 0 Å². The number of ether oxygens (including phenoxy) is 2. The Balaban J connectivity index is 1.72. The minimum atomic E-state index is -0.414. The number of carbonyl (C=O) groups is 1. The lowest BCUT2D eigenvalue weighted by molar-refractivity contribution is 0.0927. The fraction of sp³-hybridized carbons (Fsp3) is 0.0769. The Morgan fingerprint density at radius 1 is 1.35 bits per heavy atom. The van der Waals surface area contributed by atoms with Crippen molar-refractivity contribution in [3.05, 3.63) is 46.3 Å². The molecule has 20 heavy (non-hydrogen) atoms. The van der Waals surface area contributed by atoms with Crippen LogP contribution in [0.3, 0.4) is 0 Å². The molecule has 2 heterocycles. The number of fused-ring (bicyclic) bond motifs is 1. The third-order valence-corrected chi connectivity index (χ3v) is 3.29. The molecule has 1 aliphatic rings. The molecular formula is C13H9BrN2O4. The van der Waals surface area contributed by atoms with Crippen LogP contribution in [0.4, 0.5) is 0 Å². The third kappa shape index (κ3) is 2.53. The number of rotatable bonds is 3. The van der Waals surface area contributed by atoms with Crippen LogP contribution in [-0.4, -0.2) is 18.9 Å². The van der Waals surface area contributed by atoms with E-state index >= 15 is 0 Å². The SMILES string of the molecule is O=C(N/N=C/c1cc2c(cc1Br)OCO2)c1ccco1. The maximum absolute atomic E-state index is 11.6. The van der Waals surface area contributed by atoms with Crippen LogP contribution in [0.15, 0.2) is 44.5 Å². The van der Waals surface area contributed by atoms with Crippen LogP contribution in [0.2, 0.25) is 0 Å². The van der Waals surface area contributed by atoms with Crippen molar-refractivity contribution in [2.45, 2.75) is 0 Å². The van der Waals surface area contributed by atoms with Crippen molar-refractivity contribution in [3.63, 3.8) is 0 Å². The van der Waals surface area contributed by atoms with E-state index in [1.54, 1.807) is 24.3 Å². The molecule has 7 heteroatoms. The normalized spacial score (nSPS) is 12.8. The number of nitrogens with one attached hydrogen (secondary N) is 1. The van der Waals surface area contributed by atoms with Gasteiger partial charge in [0.15, 0.2) is 17.3 Å². The first-order valence-corrected chi connectivity index (χ1v) is 6.49. The van der Waals surface area contributed by atoms with Gasteiger partial charge in [-0.2, -0.15) is 5.10 Å². The molecule has 0 bridgehead atoms. The van der Waals surface area contributed by atoms with Gasteiger partial charge in [0.05, 0.1) is 12.5 Å². The van der Waals surface area contributed by atoms with Crippen LogP contribution in [0, 0.1) is 0 Å². The number of hydrogen-bond acceptors (Lipinski definition) is 5. The molecule has 0 atom stereocenters. The largest absolute Gasteiger partial charge is 0.459 e. The minimum Gasteiger partial charge on any atom is -0.459 e. The van der Waals surface area contributed by atoms with E-state index in [1.807, 2.05) is 0 Å². The molecule has 1 N–H and O–H groups in total. The average molecular weight is 337 g/mol. The Bertz CT molecular complexity index is 667. The second-order valence-electron chi connectivity index (χ2n) is 3.90. The molecule has 1 aromatic carbocycles. The van der Waals surface area contributed by atoms with E-state index in [-0.39, 0.29) is 12.6 Å². The molecule has 1 amide bonds. The molecule has 0 unspecified atom stereocenters. The quantitative estimate of drug-likeness (QED) is 0.690. The molecule has 0 aliphatic carbocycles. The molecule has 2 aromatic rings. The summed E-state index contributed by atoms with van der Waals surface area (Å²) in [6, 6.07) is 6.75. The Morgan fingerprint density at radius 2 is 2.15 bits per heavy atom. The highest BCUT2D eigenvalue weighted by molar-refractivity contribution is 9.10. The topological polar surface area (TPSA) is 73.1 Å². The minimum absolute atomic E-state index is 0.201. The van der Waals surface area contributed by atoms with Gasteiger partial charge in [-0.05, 0) is 40.2 Å². The van der Waals surface area contributed by atoms with Gasteiger partial charge in [0, 0.05) is 10.0 Å². The number of halogens is 1. The Kier molecular flexibility index (Phi) is 3.42. The van der Waals surface area contributed by atoms with Gasteiger partial charge in [0.25, 0.3) is 0 Å². The predicted octanol–water partition coefficient (Wildman–Crippen LogP) is 2.53. The van der Waals surface area contributed by atoms with Gasteiger partial charge < -0.3 is 13.9 Å². The lowest BCUT2D eigenvalue weighted by atomic mass is 10.2. The summed E-state index contributed by atoms with van der Waals surface area (Å²) in [5.41, 5.74) is 3.13. The highest BCUT2D eigenvalue weighted by Gasteiger charge is 2.15. The summed E-state index contributed by atoms with van der Waals surface area (Å²) in [5.74, 6) is 1.11. The van der Waals surface area contributed by atoms with Gasteiger partial charge in [-0.25, -0.2) is 5.43 Å². The zero-order valence-electron chi connectivity index (χ0n) is 10.1. The molecule has 6 nitrogen and oxygen atoms in total. The summed E-state index contributed by atoms with van der Waals surface area (Å²) in [6.45, 7) is 0.206. The van der Waals surface area contributed by atoms with Gasteiger partial charge in [-0.1, -0.05) is 0 Å². The Labute approximate surface area is 122 Å². The summed E-state index contributed by atoms with van der Waals surface area (Å²) in [4.78, 5) is 11.6. The fourth-order valence-electron chi connectivity index (χ4n) is 1.66. The monoisotopic (exact) mass is 336 g/mol. The molecule has 1 aromatic heterocycles.